The lowest BCUT2D eigenvalue weighted by atomic mass is 9.72. The number of aliphatic hydroxyl groups is 13. The van der Waals surface area contributed by atoms with Crippen LogP contribution in [0, 0.1) is 11.8 Å². The summed E-state index contributed by atoms with van der Waals surface area (Å²) in [5, 5.41) is 113. The summed E-state index contributed by atoms with van der Waals surface area (Å²) >= 11 is 0. The minimum absolute atomic E-state index is 0.165. The molecule has 0 aromatic carbocycles. The Kier molecular flexibility index (Phi) is 11.0. The molecule has 3 saturated heterocycles. The summed E-state index contributed by atoms with van der Waals surface area (Å²) in [5.41, 5.74) is 0. The van der Waals surface area contributed by atoms with Crippen molar-refractivity contribution in [2.24, 2.45) is 11.8 Å². The number of hydrogen-bond acceptors (Lipinski definition) is 15. The topological polar surface area (TPSA) is 272 Å². The summed E-state index contributed by atoms with van der Waals surface area (Å²) < 4.78 is 28.1. The number of ether oxygens (including phenoxy) is 5. The summed E-state index contributed by atoms with van der Waals surface area (Å²) in [6.45, 7) is -1.28. The van der Waals surface area contributed by atoms with E-state index in [0.29, 0.717) is 12.8 Å². The molecule has 3 heterocycles. The predicted octanol–water partition coefficient (Wildman–Crippen LogP) is -5.68. The molecule has 0 amide bonds. The lowest BCUT2D eigenvalue weighted by Crippen LogP contribution is -2.63. The van der Waals surface area contributed by atoms with Crippen molar-refractivity contribution in [3.05, 3.63) is 0 Å². The Morgan fingerprint density at radius 3 is 1.70 bits per heavy atom. The molecule has 0 spiro atoms. The SMILES string of the molecule is OCC1OC(OC2CC(C3[OH+]C4CC(O)CC(O)C4CC3OC3OC(CO)C(O)C(O)C3O)CCC2O)C(O)C(O)C1O. The first kappa shape index (κ1) is 33.7. The van der Waals surface area contributed by atoms with E-state index in [-0.39, 0.29) is 37.5 Å². The van der Waals surface area contributed by atoms with Crippen LogP contribution in [0.15, 0.2) is 0 Å². The van der Waals surface area contributed by atoms with Crippen LogP contribution in [0.1, 0.15) is 38.5 Å². The Morgan fingerprint density at radius 2 is 1.14 bits per heavy atom. The Morgan fingerprint density at radius 1 is 0.581 bits per heavy atom. The molecule has 0 aromatic rings. The van der Waals surface area contributed by atoms with Gasteiger partial charge in [0.25, 0.3) is 0 Å². The van der Waals surface area contributed by atoms with Crippen LogP contribution >= 0.6 is 0 Å². The monoisotopic (exact) mass is 627 g/mol. The Hall–Kier alpha value is -0.640. The normalized spacial score (nSPS) is 54.6. The van der Waals surface area contributed by atoms with Gasteiger partial charge in [-0.2, -0.15) is 0 Å². The average Bonchev–Trinajstić information content (AvgIpc) is 2.98. The van der Waals surface area contributed by atoms with Gasteiger partial charge >= 0.3 is 0 Å². The van der Waals surface area contributed by atoms with Gasteiger partial charge in [-0.15, -0.1) is 0 Å². The van der Waals surface area contributed by atoms with Crippen molar-refractivity contribution in [1.29, 1.82) is 0 Å². The smallest absolute Gasteiger partial charge is 0.187 e. The van der Waals surface area contributed by atoms with Crippen molar-refractivity contribution in [3.8, 4) is 0 Å². The van der Waals surface area contributed by atoms with E-state index in [2.05, 4.69) is 0 Å². The van der Waals surface area contributed by atoms with Crippen LogP contribution < -0.4 is 0 Å². The fourth-order valence-electron chi connectivity index (χ4n) is 7.34. The zero-order valence-corrected chi connectivity index (χ0v) is 23.6. The molecule has 5 rings (SSSR count). The van der Waals surface area contributed by atoms with Crippen LogP contribution in [-0.2, 0) is 18.9 Å². The first-order chi connectivity index (χ1) is 20.4. The van der Waals surface area contributed by atoms with Crippen LogP contribution in [0.25, 0.3) is 0 Å². The molecule has 0 bridgehead atoms. The summed E-state index contributed by atoms with van der Waals surface area (Å²) in [6, 6.07) is 0. The quantitative estimate of drug-likeness (QED) is 0.117. The Bertz CT molecular complexity index is 895. The van der Waals surface area contributed by atoms with Gasteiger partial charge < -0.3 is 79.9 Å². The Labute approximate surface area is 248 Å². The highest BCUT2D eigenvalue weighted by atomic mass is 16.7. The fraction of sp³-hybridized carbons (Fsp3) is 1.00. The van der Waals surface area contributed by atoms with Gasteiger partial charge in [0.1, 0.15) is 54.9 Å². The van der Waals surface area contributed by atoms with E-state index in [1.165, 1.54) is 0 Å². The maximum Gasteiger partial charge on any atom is 0.187 e. The molecular formula is C27H47O16+. The van der Waals surface area contributed by atoms with Gasteiger partial charge in [-0.25, -0.2) is 0 Å². The highest BCUT2D eigenvalue weighted by Gasteiger charge is 2.55. The van der Waals surface area contributed by atoms with Gasteiger partial charge in [-0.3, -0.25) is 0 Å². The second-order valence-corrected chi connectivity index (χ2v) is 12.7. The van der Waals surface area contributed by atoms with Gasteiger partial charge in [0.2, 0.25) is 0 Å². The van der Waals surface area contributed by atoms with E-state index in [0.717, 1.165) is 0 Å². The molecule has 0 aromatic heterocycles. The van der Waals surface area contributed by atoms with E-state index < -0.39 is 117 Å². The average molecular weight is 628 g/mol. The zero-order chi connectivity index (χ0) is 31.2. The summed E-state index contributed by atoms with van der Waals surface area (Å²) in [6.07, 6.45) is -18.7. The van der Waals surface area contributed by atoms with Gasteiger partial charge in [0.15, 0.2) is 24.8 Å². The number of fused-ring (bicyclic) bond motifs is 1. The highest BCUT2D eigenvalue weighted by molar-refractivity contribution is 4.99. The van der Waals surface area contributed by atoms with Crippen LogP contribution in [0.5, 0.6) is 0 Å². The molecule has 19 unspecified atom stereocenters. The van der Waals surface area contributed by atoms with E-state index >= 15 is 0 Å². The molecular weight excluding hydrogens is 580 g/mol. The summed E-state index contributed by atoms with van der Waals surface area (Å²) in [5.74, 6) is -0.685. The van der Waals surface area contributed by atoms with E-state index in [4.69, 9.17) is 23.7 Å². The molecule has 43 heavy (non-hydrogen) atoms. The molecule has 16 nitrogen and oxygen atoms in total. The largest absolute Gasteiger partial charge is 0.427 e. The van der Waals surface area contributed by atoms with E-state index in [1.807, 2.05) is 0 Å². The zero-order valence-electron chi connectivity index (χ0n) is 23.6. The highest BCUT2D eigenvalue weighted by Crippen LogP contribution is 2.43. The lowest BCUT2D eigenvalue weighted by molar-refractivity contribution is -0.358. The fourth-order valence-corrected chi connectivity index (χ4v) is 7.34. The first-order valence-corrected chi connectivity index (χ1v) is 15.1. The van der Waals surface area contributed by atoms with E-state index in [9.17, 15) is 56.2 Å². The number of aliphatic hydroxyl groups excluding tert-OH is 11. The van der Waals surface area contributed by atoms with Gasteiger partial charge in [-0.05, 0) is 25.7 Å². The Balaban J connectivity index is 1.34. The molecule has 5 fully saturated rings. The molecule has 5 aliphatic rings. The maximum absolute atomic E-state index is 10.8. The molecule has 2 aliphatic carbocycles. The molecule has 0 radical (unpaired) electrons. The predicted molar refractivity (Wildman–Crippen MR) is 140 cm³/mol. The third-order valence-electron chi connectivity index (χ3n) is 9.86. The second kappa shape index (κ2) is 14.0. The van der Waals surface area contributed by atoms with Gasteiger partial charge in [0.05, 0.1) is 43.5 Å². The minimum Gasteiger partial charge on any atom is -0.427 e. The van der Waals surface area contributed by atoms with Crippen molar-refractivity contribution in [3.63, 3.8) is 0 Å². The summed E-state index contributed by atoms with van der Waals surface area (Å²) in [4.78, 5) is 0. The maximum atomic E-state index is 10.8. The lowest BCUT2D eigenvalue weighted by Gasteiger charge is -2.49. The molecule has 19 atom stereocenters. The summed E-state index contributed by atoms with van der Waals surface area (Å²) in [7, 11) is 0. The minimum atomic E-state index is -1.65. The van der Waals surface area contributed by atoms with Crippen molar-refractivity contribution >= 4 is 0 Å². The molecule has 3 aliphatic heterocycles. The molecule has 16 heteroatoms. The molecule has 2 saturated carbocycles. The van der Waals surface area contributed by atoms with E-state index in [1.54, 1.807) is 0 Å². The van der Waals surface area contributed by atoms with Crippen LogP contribution in [0.4, 0.5) is 0 Å². The number of hydrogen-bond donors (Lipinski definition) is 11. The first-order valence-electron chi connectivity index (χ1n) is 15.1. The van der Waals surface area contributed by atoms with Crippen molar-refractivity contribution in [1.82, 2.24) is 0 Å². The van der Waals surface area contributed by atoms with Crippen molar-refractivity contribution in [2.75, 3.05) is 13.2 Å². The van der Waals surface area contributed by atoms with Crippen molar-refractivity contribution < 1.29 is 79.9 Å². The van der Waals surface area contributed by atoms with Crippen LogP contribution in [0.2, 0.25) is 0 Å². The standard InChI is InChI=1S/C27H46O16/c28-7-17-19(33)21(35)23(37)26(42-17)40-15-3-9(1-2-12(15)31)25-16(6-11-13(32)4-10(30)5-14(11)39-25)41-27-24(38)22(36)20(34)18(8-29)43-27/h9-38H,1-8H2/p+1. The molecule has 250 valence electrons. The van der Waals surface area contributed by atoms with Crippen LogP contribution in [-0.4, -0.2) is 178 Å². The third kappa shape index (κ3) is 6.90. The third-order valence-corrected chi connectivity index (χ3v) is 9.86. The number of rotatable bonds is 7. The molecule has 12 N–H and O–H groups in total. The second-order valence-electron chi connectivity index (χ2n) is 12.7. The van der Waals surface area contributed by atoms with Gasteiger partial charge in [-0.1, -0.05) is 0 Å². The van der Waals surface area contributed by atoms with Crippen LogP contribution in [0.3, 0.4) is 0 Å². The van der Waals surface area contributed by atoms with Crippen molar-refractivity contribution in [2.45, 2.75) is 143 Å². The van der Waals surface area contributed by atoms with Gasteiger partial charge in [0, 0.05) is 18.8 Å².